The van der Waals surface area contributed by atoms with E-state index in [0.29, 0.717) is 6.61 Å². The molecule has 1 N–H and O–H groups in total. The average Bonchev–Trinajstić information content (AvgIpc) is 2.64. The fraction of sp³-hybridized carbons (Fsp3) is 0.478. The van der Waals surface area contributed by atoms with E-state index >= 15 is 0 Å². The first kappa shape index (κ1) is 20.2. The number of rotatable bonds is 12. The second-order valence-corrected chi connectivity index (χ2v) is 6.78. The fourth-order valence-electron chi connectivity index (χ4n) is 2.94. The minimum atomic E-state index is 0.641. The molecule has 0 atom stereocenters. The molecule has 26 heavy (non-hydrogen) atoms. The highest BCUT2D eigenvalue weighted by Gasteiger charge is 2.02. The lowest BCUT2D eigenvalue weighted by Crippen LogP contribution is -2.12. The van der Waals surface area contributed by atoms with E-state index in [1.54, 1.807) is 0 Å². The maximum Gasteiger partial charge on any atom is 0.125 e. The summed E-state index contributed by atoms with van der Waals surface area (Å²) in [5.41, 5.74) is 3.45. The lowest BCUT2D eigenvalue weighted by atomic mass is 10.1. The molecule has 0 heterocycles. The van der Waals surface area contributed by atoms with Crippen molar-refractivity contribution >= 4 is 5.69 Å². The highest BCUT2D eigenvalue weighted by molar-refractivity contribution is 5.46. The third kappa shape index (κ3) is 6.99. The largest absolute Gasteiger partial charge is 0.494 e. The van der Waals surface area contributed by atoms with E-state index in [1.165, 1.54) is 36.8 Å². The van der Waals surface area contributed by atoms with Crippen LogP contribution < -0.4 is 14.8 Å². The summed E-state index contributed by atoms with van der Waals surface area (Å²) in [4.78, 5) is 0. The molecule has 0 fully saturated rings. The van der Waals surface area contributed by atoms with Gasteiger partial charge in [0.25, 0.3) is 0 Å². The van der Waals surface area contributed by atoms with E-state index in [2.05, 4.69) is 56.4 Å². The van der Waals surface area contributed by atoms with Crippen molar-refractivity contribution in [2.45, 2.75) is 52.9 Å². The molecule has 0 aliphatic rings. The maximum atomic E-state index is 5.92. The van der Waals surface area contributed by atoms with Crippen molar-refractivity contribution < 1.29 is 9.47 Å². The Balaban J connectivity index is 1.64. The Bertz CT molecular complexity index is 617. The third-order valence-electron chi connectivity index (χ3n) is 4.46. The van der Waals surface area contributed by atoms with Gasteiger partial charge in [-0.25, -0.2) is 0 Å². The van der Waals surface area contributed by atoms with Gasteiger partial charge in [0.1, 0.15) is 18.1 Å². The average molecular weight is 356 g/mol. The predicted molar refractivity (Wildman–Crippen MR) is 111 cm³/mol. The second kappa shape index (κ2) is 11.5. The zero-order chi connectivity index (χ0) is 18.6. The molecular weight excluding hydrogens is 322 g/mol. The first-order valence-corrected chi connectivity index (χ1v) is 9.86. The number of nitrogens with one attached hydrogen (secondary N) is 1. The molecule has 142 valence electrons. The van der Waals surface area contributed by atoms with Crippen LogP contribution in [-0.4, -0.2) is 19.8 Å². The molecule has 0 saturated carbocycles. The molecule has 0 saturated heterocycles. The van der Waals surface area contributed by atoms with Crippen LogP contribution in [0.4, 0.5) is 5.69 Å². The molecule has 2 aromatic carbocycles. The molecule has 0 bridgehead atoms. The maximum absolute atomic E-state index is 5.92. The van der Waals surface area contributed by atoms with Gasteiger partial charge < -0.3 is 14.8 Å². The van der Waals surface area contributed by atoms with Crippen LogP contribution in [0, 0.1) is 13.8 Å². The summed E-state index contributed by atoms with van der Waals surface area (Å²) in [5.74, 6) is 1.94. The Kier molecular flexibility index (Phi) is 8.88. The number of benzene rings is 2. The normalized spacial score (nSPS) is 10.6. The second-order valence-electron chi connectivity index (χ2n) is 6.78. The Morgan fingerprint density at radius 1 is 0.769 bits per heavy atom. The summed E-state index contributed by atoms with van der Waals surface area (Å²) in [6, 6.07) is 14.4. The van der Waals surface area contributed by atoms with Crippen molar-refractivity contribution in [1.29, 1.82) is 0 Å². The number of para-hydroxylation sites is 1. The van der Waals surface area contributed by atoms with Crippen LogP contribution in [0.1, 0.15) is 50.2 Å². The van der Waals surface area contributed by atoms with E-state index in [1.807, 2.05) is 12.1 Å². The molecular formula is C23H33NO2. The van der Waals surface area contributed by atoms with Crippen molar-refractivity contribution in [2.24, 2.45) is 0 Å². The smallest absolute Gasteiger partial charge is 0.125 e. The van der Waals surface area contributed by atoms with Gasteiger partial charge in [0.05, 0.1) is 6.61 Å². The molecule has 3 nitrogen and oxygen atoms in total. The zero-order valence-corrected chi connectivity index (χ0v) is 16.5. The minimum absolute atomic E-state index is 0.641. The van der Waals surface area contributed by atoms with Gasteiger partial charge in [-0.15, -0.1) is 0 Å². The summed E-state index contributed by atoms with van der Waals surface area (Å²) >= 11 is 0. The minimum Gasteiger partial charge on any atom is -0.494 e. The summed E-state index contributed by atoms with van der Waals surface area (Å²) in [5, 5.41) is 3.39. The van der Waals surface area contributed by atoms with Crippen LogP contribution in [0.3, 0.4) is 0 Å². The molecule has 3 heteroatoms. The number of ether oxygens (including phenoxy) is 2. The lowest BCUT2D eigenvalue weighted by Gasteiger charge is -2.13. The Labute approximate surface area is 158 Å². The summed E-state index contributed by atoms with van der Waals surface area (Å²) in [7, 11) is 0. The number of unbranched alkanes of at least 4 members (excludes halogenated alkanes) is 4. The molecule has 0 aliphatic heterocycles. The van der Waals surface area contributed by atoms with Crippen molar-refractivity contribution in [2.75, 3.05) is 25.1 Å². The molecule has 0 aliphatic carbocycles. The molecule has 2 rings (SSSR count). The summed E-state index contributed by atoms with van der Waals surface area (Å²) in [6.45, 7) is 8.62. The van der Waals surface area contributed by atoms with E-state index in [0.717, 1.165) is 36.8 Å². The Morgan fingerprint density at radius 2 is 1.46 bits per heavy atom. The third-order valence-corrected chi connectivity index (χ3v) is 4.46. The van der Waals surface area contributed by atoms with Gasteiger partial charge in [-0.1, -0.05) is 50.8 Å². The van der Waals surface area contributed by atoms with Crippen molar-refractivity contribution in [1.82, 2.24) is 0 Å². The van der Waals surface area contributed by atoms with Gasteiger partial charge in [0.15, 0.2) is 0 Å². The van der Waals surface area contributed by atoms with Crippen LogP contribution in [0.2, 0.25) is 0 Å². The van der Waals surface area contributed by atoms with Crippen LogP contribution in [0.5, 0.6) is 11.5 Å². The van der Waals surface area contributed by atoms with E-state index in [9.17, 15) is 0 Å². The monoisotopic (exact) mass is 355 g/mol. The SMILES string of the molecule is CCCCCCCOc1ccc(NCCOc2c(C)cccc2C)cc1. The molecule has 0 amide bonds. The van der Waals surface area contributed by atoms with E-state index in [4.69, 9.17) is 9.47 Å². The molecule has 2 aromatic rings. The topological polar surface area (TPSA) is 30.5 Å². The number of anilines is 1. The first-order chi connectivity index (χ1) is 12.7. The summed E-state index contributed by atoms with van der Waals surface area (Å²) < 4.78 is 11.7. The number of aryl methyl sites for hydroxylation is 2. The number of hydrogen-bond donors (Lipinski definition) is 1. The molecule has 0 radical (unpaired) electrons. The van der Waals surface area contributed by atoms with Gasteiger partial charge >= 0.3 is 0 Å². The van der Waals surface area contributed by atoms with Gasteiger partial charge in [0, 0.05) is 12.2 Å². The lowest BCUT2D eigenvalue weighted by molar-refractivity contribution is 0.304. The van der Waals surface area contributed by atoms with Crippen LogP contribution in [0.15, 0.2) is 42.5 Å². The number of hydrogen-bond acceptors (Lipinski definition) is 3. The van der Waals surface area contributed by atoms with Crippen LogP contribution in [-0.2, 0) is 0 Å². The van der Waals surface area contributed by atoms with E-state index < -0.39 is 0 Å². The van der Waals surface area contributed by atoms with Gasteiger partial charge in [0.2, 0.25) is 0 Å². The summed E-state index contributed by atoms with van der Waals surface area (Å²) in [6.07, 6.45) is 6.31. The zero-order valence-electron chi connectivity index (χ0n) is 16.5. The Morgan fingerprint density at radius 3 is 2.15 bits per heavy atom. The van der Waals surface area contributed by atoms with Crippen LogP contribution >= 0.6 is 0 Å². The van der Waals surface area contributed by atoms with Gasteiger partial charge in [-0.2, -0.15) is 0 Å². The molecule has 0 aromatic heterocycles. The van der Waals surface area contributed by atoms with Crippen molar-refractivity contribution in [3.05, 3.63) is 53.6 Å². The van der Waals surface area contributed by atoms with Gasteiger partial charge in [-0.3, -0.25) is 0 Å². The van der Waals surface area contributed by atoms with Crippen molar-refractivity contribution in [3.8, 4) is 11.5 Å². The van der Waals surface area contributed by atoms with Crippen molar-refractivity contribution in [3.63, 3.8) is 0 Å². The van der Waals surface area contributed by atoms with Crippen LogP contribution in [0.25, 0.3) is 0 Å². The highest BCUT2D eigenvalue weighted by Crippen LogP contribution is 2.22. The molecule has 0 unspecified atom stereocenters. The Hall–Kier alpha value is -2.16. The quantitative estimate of drug-likeness (QED) is 0.464. The van der Waals surface area contributed by atoms with E-state index in [-0.39, 0.29) is 0 Å². The molecule has 0 spiro atoms. The predicted octanol–water partition coefficient (Wildman–Crippen LogP) is 6.14. The first-order valence-electron chi connectivity index (χ1n) is 9.86. The standard InChI is InChI=1S/C23H33NO2/c1-4-5-6-7-8-17-25-22-14-12-21(13-15-22)24-16-18-26-23-19(2)10-9-11-20(23)3/h9-15,24H,4-8,16-18H2,1-3H3. The fourth-order valence-corrected chi connectivity index (χ4v) is 2.94. The highest BCUT2D eigenvalue weighted by atomic mass is 16.5. The van der Waals surface area contributed by atoms with Gasteiger partial charge in [-0.05, 0) is 55.7 Å².